The van der Waals surface area contributed by atoms with E-state index >= 15 is 0 Å². The number of nitrogens with zero attached hydrogens (tertiary/aromatic N) is 1. The molecule has 1 aliphatic heterocycles. The SMILES string of the molecule is CCC(C)(CC)C(=O)/C=C(\O)C(C)(CC)CC.[2H]c1cc2ccc(CC(C)(C)C)c3c2c(n1)-c1[c-]c2ccccc2c(CC(C)(C)C)c1O3.[Ir]. The number of aromatic nitrogens is 1. The summed E-state index contributed by atoms with van der Waals surface area (Å²) in [6, 6.07) is 18.1. The van der Waals surface area contributed by atoms with Crippen LogP contribution in [0.2, 0.25) is 0 Å². The van der Waals surface area contributed by atoms with E-state index < -0.39 is 0 Å². The maximum atomic E-state index is 12.2. The molecule has 267 valence electrons. The van der Waals surface area contributed by atoms with Gasteiger partial charge in [0.25, 0.3) is 0 Å². The Morgan fingerprint density at radius 1 is 0.837 bits per heavy atom. The number of ketones is 1. The third kappa shape index (κ3) is 8.84. The van der Waals surface area contributed by atoms with Gasteiger partial charge in [-0.25, -0.2) is 0 Å². The average Bonchev–Trinajstić information content (AvgIpc) is 3.04. The van der Waals surface area contributed by atoms with Crippen LogP contribution in [-0.2, 0) is 37.7 Å². The van der Waals surface area contributed by atoms with Gasteiger partial charge in [-0.2, -0.15) is 0 Å². The van der Waals surface area contributed by atoms with E-state index in [1.54, 1.807) is 0 Å². The van der Waals surface area contributed by atoms with E-state index in [0.29, 0.717) is 0 Å². The second kappa shape index (κ2) is 15.5. The predicted octanol–water partition coefficient (Wildman–Crippen LogP) is 12.8. The predicted molar refractivity (Wildman–Crippen MR) is 203 cm³/mol. The number of allylic oxidation sites excluding steroid dienone is 2. The van der Waals surface area contributed by atoms with Crippen molar-refractivity contribution in [1.29, 1.82) is 0 Å². The van der Waals surface area contributed by atoms with Crippen molar-refractivity contribution in [1.82, 2.24) is 4.98 Å². The summed E-state index contributed by atoms with van der Waals surface area (Å²) in [7, 11) is 0. The molecule has 0 bridgehead atoms. The zero-order valence-electron chi connectivity index (χ0n) is 32.9. The first kappa shape index (κ1) is 38.8. The number of carbonyl (C=O) groups is 1. The molecule has 1 aromatic heterocycles. The molecule has 2 heterocycles. The van der Waals surface area contributed by atoms with Gasteiger partial charge in [-0.05, 0) is 66.4 Å². The molecule has 1 radical (unpaired) electrons. The van der Waals surface area contributed by atoms with Crippen molar-refractivity contribution in [2.24, 2.45) is 21.7 Å². The summed E-state index contributed by atoms with van der Waals surface area (Å²) in [4.78, 5) is 16.9. The normalized spacial score (nSPS) is 13.6. The van der Waals surface area contributed by atoms with Crippen LogP contribution in [0.5, 0.6) is 11.5 Å². The smallest absolute Gasteiger partial charge is 0.164 e. The third-order valence-electron chi connectivity index (χ3n) is 10.4. The Kier molecular flexibility index (Phi) is 12.3. The fraction of sp³-hybridized carbons (Fsp3) is 0.500. The van der Waals surface area contributed by atoms with Crippen molar-refractivity contribution in [2.75, 3.05) is 0 Å². The van der Waals surface area contributed by atoms with Gasteiger partial charge < -0.3 is 9.84 Å². The van der Waals surface area contributed by atoms with Gasteiger partial charge in [0, 0.05) is 54.3 Å². The van der Waals surface area contributed by atoms with Crippen molar-refractivity contribution >= 4 is 27.3 Å². The van der Waals surface area contributed by atoms with E-state index in [-0.39, 0.29) is 59.5 Å². The number of carbonyl (C=O) groups excluding carboxylic acids is 1. The Hall–Kier alpha value is -3.01. The van der Waals surface area contributed by atoms with Crippen molar-refractivity contribution < 1.29 is 36.1 Å². The van der Waals surface area contributed by atoms with Gasteiger partial charge in [-0.1, -0.05) is 130 Å². The van der Waals surface area contributed by atoms with Gasteiger partial charge in [0.1, 0.15) is 11.5 Å². The minimum atomic E-state index is -0.337. The summed E-state index contributed by atoms with van der Waals surface area (Å²) in [6.07, 6.45) is 6.81. The van der Waals surface area contributed by atoms with Gasteiger partial charge in [0.2, 0.25) is 0 Å². The summed E-state index contributed by atoms with van der Waals surface area (Å²) < 4.78 is 15.2. The molecule has 1 aliphatic rings. The van der Waals surface area contributed by atoms with Gasteiger partial charge in [0.15, 0.2) is 5.78 Å². The molecule has 0 amide bonds. The Labute approximate surface area is 310 Å². The number of pyridine rings is 1. The first-order valence-electron chi connectivity index (χ1n) is 18.3. The number of hydrogen-bond donors (Lipinski definition) is 1. The average molecular weight is 842 g/mol. The van der Waals surface area contributed by atoms with E-state index in [2.05, 4.69) is 84.0 Å². The number of hydrogen-bond acceptors (Lipinski definition) is 4. The second-order valence-corrected chi connectivity index (χ2v) is 16.6. The van der Waals surface area contributed by atoms with Crippen LogP contribution < -0.4 is 4.74 Å². The molecule has 3 aromatic carbocycles. The van der Waals surface area contributed by atoms with E-state index in [1.165, 1.54) is 22.6 Å². The molecule has 49 heavy (non-hydrogen) atoms. The molecule has 0 aliphatic carbocycles. The summed E-state index contributed by atoms with van der Waals surface area (Å²) in [6.45, 7) is 25.6. The zero-order chi connectivity index (χ0) is 36.5. The van der Waals surface area contributed by atoms with E-state index in [0.717, 1.165) is 77.4 Å². The molecule has 1 N–H and O–H groups in total. The minimum Gasteiger partial charge on any atom is -0.512 e. The molecule has 0 unspecified atom stereocenters. The molecule has 0 spiro atoms. The standard InChI is InChI=1S/C29H30NO.C15H28O2.Ir/c1-28(2,3)16-20-12-11-18-13-14-30-25-22-15-19-9-7-8-10-21(19)23(17-29(4,5)6)27(22)31-26(20)24(18)25;1-7-14(5,8-2)12(16)11-13(17)15(6,9-3)10-4;/h7-14H,16-17H2,1-6H3;11,16H,7-10H2,1-6H3;/q-1;;/b;12-11-;/i14D;;. The second-order valence-electron chi connectivity index (χ2n) is 16.6. The van der Waals surface area contributed by atoms with Crippen LogP contribution in [0.1, 0.15) is 121 Å². The molecule has 0 saturated heterocycles. The fourth-order valence-corrected chi connectivity index (χ4v) is 6.33. The number of benzene rings is 3. The summed E-state index contributed by atoms with van der Waals surface area (Å²) in [5.74, 6) is 2.03. The Bertz CT molecular complexity index is 1870. The Balaban J connectivity index is 0.000000323. The van der Waals surface area contributed by atoms with Crippen LogP contribution in [0.15, 0.2) is 60.5 Å². The third-order valence-corrected chi connectivity index (χ3v) is 10.4. The van der Waals surface area contributed by atoms with Crippen LogP contribution in [0.3, 0.4) is 0 Å². The van der Waals surface area contributed by atoms with Crippen LogP contribution >= 0.6 is 0 Å². The van der Waals surface area contributed by atoms with Crippen molar-refractivity contribution in [3.63, 3.8) is 0 Å². The molecule has 0 fully saturated rings. The van der Waals surface area contributed by atoms with Gasteiger partial charge in [-0.15, -0.1) is 17.5 Å². The molecule has 4 nitrogen and oxygen atoms in total. The van der Waals surface area contributed by atoms with Crippen LogP contribution in [-0.4, -0.2) is 15.9 Å². The molecule has 0 atom stereocenters. The fourth-order valence-electron chi connectivity index (χ4n) is 6.33. The summed E-state index contributed by atoms with van der Waals surface area (Å²) >= 11 is 0. The maximum Gasteiger partial charge on any atom is 0.164 e. The number of rotatable bonds is 9. The number of ether oxygens (including phenoxy) is 1. The van der Waals surface area contributed by atoms with Gasteiger partial charge >= 0.3 is 0 Å². The zero-order valence-corrected chi connectivity index (χ0v) is 34.3. The first-order valence-corrected chi connectivity index (χ1v) is 17.8. The quantitative estimate of drug-likeness (QED) is 0.0912. The van der Waals surface area contributed by atoms with Gasteiger partial charge in [-0.3, -0.25) is 9.78 Å². The first-order chi connectivity index (χ1) is 22.8. The van der Waals surface area contributed by atoms with E-state index in [9.17, 15) is 9.90 Å². The van der Waals surface area contributed by atoms with Crippen molar-refractivity contribution in [3.8, 4) is 22.8 Å². The minimum absolute atomic E-state index is 0. The van der Waals surface area contributed by atoms with Crippen LogP contribution in [0, 0.1) is 27.7 Å². The Morgan fingerprint density at radius 3 is 2.00 bits per heavy atom. The van der Waals surface area contributed by atoms with Gasteiger partial charge in [0.05, 0.1) is 7.12 Å². The maximum absolute atomic E-state index is 12.2. The molecular weight excluding hydrogens is 783 g/mol. The summed E-state index contributed by atoms with van der Waals surface area (Å²) in [5.41, 5.74) is 3.69. The molecule has 4 aromatic rings. The topological polar surface area (TPSA) is 59.4 Å². The molecule has 0 saturated carbocycles. The number of fused-ring (bicyclic) bond motifs is 3. The molecule has 5 heteroatoms. The molecule has 5 rings (SSSR count). The van der Waals surface area contributed by atoms with E-state index in [4.69, 9.17) is 11.1 Å². The summed E-state index contributed by atoms with van der Waals surface area (Å²) in [5, 5.41) is 14.4. The van der Waals surface area contributed by atoms with Crippen molar-refractivity contribution in [2.45, 2.75) is 122 Å². The monoisotopic (exact) mass is 842 g/mol. The van der Waals surface area contributed by atoms with E-state index in [1.807, 2.05) is 47.6 Å². The largest absolute Gasteiger partial charge is 0.512 e. The van der Waals surface area contributed by atoms with Crippen molar-refractivity contribution in [3.05, 3.63) is 77.7 Å². The number of aliphatic hydroxyl groups excluding tert-OH is 1. The molecular formula is C44H58IrNO3-. The van der Waals surface area contributed by atoms with Crippen LogP contribution in [0.4, 0.5) is 0 Å². The van der Waals surface area contributed by atoms with Crippen LogP contribution in [0.25, 0.3) is 32.8 Å². The Morgan fingerprint density at radius 2 is 1.43 bits per heavy atom. The number of aliphatic hydroxyl groups is 1.